The first-order valence-corrected chi connectivity index (χ1v) is 9.39. The van der Waals surface area contributed by atoms with Crippen LogP contribution in [0.15, 0.2) is 55.2 Å². The number of piperidine rings is 1. The van der Waals surface area contributed by atoms with E-state index >= 15 is 0 Å². The second-order valence-corrected chi connectivity index (χ2v) is 7.30. The number of likely N-dealkylation sites (tertiary alicyclic amines) is 1. The van der Waals surface area contributed by atoms with E-state index < -0.39 is 5.60 Å². The molecule has 0 spiro atoms. The van der Waals surface area contributed by atoms with Crippen LogP contribution >= 0.6 is 0 Å². The minimum atomic E-state index is -0.828. The van der Waals surface area contributed by atoms with Crippen molar-refractivity contribution in [3.8, 4) is 11.3 Å². The van der Waals surface area contributed by atoms with Crippen molar-refractivity contribution < 1.29 is 9.90 Å². The third-order valence-corrected chi connectivity index (χ3v) is 5.31. The highest BCUT2D eigenvalue weighted by molar-refractivity contribution is 5.98. The minimum Gasteiger partial charge on any atom is -0.389 e. The second-order valence-electron chi connectivity index (χ2n) is 7.30. The first-order valence-electron chi connectivity index (χ1n) is 9.39. The summed E-state index contributed by atoms with van der Waals surface area (Å²) < 4.78 is 1.76. The van der Waals surface area contributed by atoms with Crippen LogP contribution in [0.5, 0.6) is 0 Å². The monoisotopic (exact) mass is 377 g/mol. The van der Waals surface area contributed by atoms with Crippen molar-refractivity contribution in [2.45, 2.75) is 24.9 Å². The zero-order chi connectivity index (χ0) is 19.6. The number of carbonyl (C=O) groups is 1. The van der Waals surface area contributed by atoms with E-state index in [1.165, 1.54) is 0 Å². The van der Waals surface area contributed by atoms with Crippen LogP contribution in [0.2, 0.25) is 0 Å². The van der Waals surface area contributed by atoms with E-state index in [4.69, 9.17) is 0 Å². The molecule has 0 radical (unpaired) electrons. The summed E-state index contributed by atoms with van der Waals surface area (Å²) in [5.41, 5.74) is 2.12. The first-order chi connectivity index (χ1) is 13.6. The van der Waals surface area contributed by atoms with Crippen molar-refractivity contribution in [3.63, 3.8) is 0 Å². The Kier molecular flexibility index (Phi) is 4.92. The van der Waals surface area contributed by atoms with Gasteiger partial charge in [-0.2, -0.15) is 0 Å². The average molecular weight is 377 g/mol. The van der Waals surface area contributed by atoms with Crippen molar-refractivity contribution in [2.24, 2.45) is 7.05 Å². The van der Waals surface area contributed by atoms with Gasteiger partial charge in [-0.15, -0.1) is 0 Å². The molecule has 0 unspecified atom stereocenters. The quantitative estimate of drug-likeness (QED) is 0.753. The van der Waals surface area contributed by atoms with Crippen molar-refractivity contribution in [3.05, 3.63) is 66.6 Å². The Morgan fingerprint density at radius 3 is 2.54 bits per heavy atom. The standard InChI is InChI=1S/C21H23N5O2/c1-25-15-24-18(16-5-10-22-11-6-16)19(25)20(27)26-12-7-21(28,8-13-26)14-17-4-2-3-9-23-17/h2-6,9-11,15,28H,7-8,12-14H2,1H3. The lowest BCUT2D eigenvalue weighted by molar-refractivity contribution is -0.0170. The molecule has 1 N–H and O–H groups in total. The molecule has 1 aliphatic rings. The maximum atomic E-state index is 13.2. The van der Waals surface area contributed by atoms with E-state index in [1.807, 2.05) is 37.4 Å². The molecule has 3 aromatic rings. The SMILES string of the molecule is Cn1cnc(-c2ccncc2)c1C(=O)N1CCC(O)(Cc2ccccn2)CC1. The Bertz CT molecular complexity index is 947. The molecule has 4 heterocycles. The molecule has 28 heavy (non-hydrogen) atoms. The van der Waals surface area contributed by atoms with Gasteiger partial charge in [-0.3, -0.25) is 14.8 Å². The molecule has 0 saturated carbocycles. The fourth-order valence-corrected chi connectivity index (χ4v) is 3.70. The maximum Gasteiger partial charge on any atom is 0.272 e. The number of pyridine rings is 2. The van der Waals surface area contributed by atoms with E-state index in [0.717, 1.165) is 11.3 Å². The topological polar surface area (TPSA) is 84.1 Å². The lowest BCUT2D eigenvalue weighted by Gasteiger charge is -2.38. The maximum absolute atomic E-state index is 13.2. The van der Waals surface area contributed by atoms with Gasteiger partial charge in [0.15, 0.2) is 0 Å². The zero-order valence-corrected chi connectivity index (χ0v) is 15.8. The summed E-state index contributed by atoms with van der Waals surface area (Å²) >= 11 is 0. The van der Waals surface area contributed by atoms with Gasteiger partial charge in [0.2, 0.25) is 0 Å². The number of carbonyl (C=O) groups excluding carboxylic acids is 1. The number of aliphatic hydroxyl groups is 1. The first kappa shape index (κ1) is 18.3. The number of nitrogens with zero attached hydrogens (tertiary/aromatic N) is 5. The Hall–Kier alpha value is -3.06. The van der Waals surface area contributed by atoms with Crippen molar-refractivity contribution in [1.82, 2.24) is 24.4 Å². The van der Waals surface area contributed by atoms with E-state index in [2.05, 4.69) is 15.0 Å². The number of aromatic nitrogens is 4. The Morgan fingerprint density at radius 2 is 1.86 bits per heavy atom. The number of hydrogen-bond donors (Lipinski definition) is 1. The van der Waals surface area contributed by atoms with Crippen molar-refractivity contribution >= 4 is 5.91 Å². The highest BCUT2D eigenvalue weighted by Crippen LogP contribution is 2.28. The third-order valence-electron chi connectivity index (χ3n) is 5.31. The molecule has 7 nitrogen and oxygen atoms in total. The van der Waals surface area contributed by atoms with Crippen molar-refractivity contribution in [1.29, 1.82) is 0 Å². The molecule has 0 aliphatic carbocycles. The lowest BCUT2D eigenvalue weighted by atomic mass is 9.86. The van der Waals surface area contributed by atoms with E-state index in [0.29, 0.717) is 43.7 Å². The van der Waals surface area contributed by atoms with Gasteiger partial charge >= 0.3 is 0 Å². The summed E-state index contributed by atoms with van der Waals surface area (Å²) in [5.74, 6) is -0.0632. The fourth-order valence-electron chi connectivity index (χ4n) is 3.70. The third kappa shape index (κ3) is 3.66. The Balaban J connectivity index is 1.49. The van der Waals surface area contributed by atoms with E-state index in [9.17, 15) is 9.90 Å². The molecule has 3 aromatic heterocycles. The molecule has 1 saturated heterocycles. The van der Waals surface area contributed by atoms with Gasteiger partial charge in [-0.1, -0.05) is 6.07 Å². The highest BCUT2D eigenvalue weighted by atomic mass is 16.3. The van der Waals surface area contributed by atoms with Crippen LogP contribution in [-0.2, 0) is 13.5 Å². The fraction of sp³-hybridized carbons (Fsp3) is 0.333. The second kappa shape index (κ2) is 7.52. The van der Waals surface area contributed by atoms with Crippen LogP contribution in [0, 0.1) is 0 Å². The number of rotatable bonds is 4. The summed E-state index contributed by atoms with van der Waals surface area (Å²) in [6.45, 7) is 1.01. The van der Waals surface area contributed by atoms with Crippen LogP contribution in [-0.4, -0.2) is 54.1 Å². The zero-order valence-electron chi connectivity index (χ0n) is 15.8. The lowest BCUT2D eigenvalue weighted by Crippen LogP contribution is -2.48. The van der Waals surface area contributed by atoms with Crippen LogP contribution in [0.25, 0.3) is 11.3 Å². The van der Waals surface area contributed by atoms with Gasteiger partial charge in [0.1, 0.15) is 11.4 Å². The van der Waals surface area contributed by atoms with Gasteiger partial charge in [0.05, 0.1) is 11.9 Å². The largest absolute Gasteiger partial charge is 0.389 e. The molecular weight excluding hydrogens is 354 g/mol. The number of amides is 1. The summed E-state index contributed by atoms with van der Waals surface area (Å²) in [5, 5.41) is 10.9. The van der Waals surface area contributed by atoms with E-state index in [-0.39, 0.29) is 5.91 Å². The van der Waals surface area contributed by atoms with Crippen LogP contribution in [0.3, 0.4) is 0 Å². The predicted molar refractivity (Wildman–Crippen MR) is 104 cm³/mol. The molecule has 1 amide bonds. The molecule has 0 atom stereocenters. The molecule has 7 heteroatoms. The summed E-state index contributed by atoms with van der Waals surface area (Å²) in [6.07, 6.45) is 8.33. The molecule has 1 fully saturated rings. The van der Waals surface area contributed by atoms with Gasteiger partial charge in [0, 0.05) is 56.4 Å². The molecule has 1 aliphatic heterocycles. The normalized spacial score (nSPS) is 16.1. The predicted octanol–water partition coefficient (Wildman–Crippen LogP) is 2.09. The average Bonchev–Trinajstić information content (AvgIpc) is 3.11. The molecule has 4 rings (SSSR count). The summed E-state index contributed by atoms with van der Waals surface area (Å²) in [7, 11) is 1.83. The molecule has 0 bridgehead atoms. The highest BCUT2D eigenvalue weighted by Gasteiger charge is 2.35. The Morgan fingerprint density at radius 1 is 1.11 bits per heavy atom. The Labute approximate surface area is 163 Å². The molecule has 144 valence electrons. The van der Waals surface area contributed by atoms with Crippen LogP contribution < -0.4 is 0 Å². The number of aryl methyl sites for hydroxylation is 1. The number of imidazole rings is 1. The van der Waals surface area contributed by atoms with Gasteiger partial charge in [-0.25, -0.2) is 4.98 Å². The summed E-state index contributed by atoms with van der Waals surface area (Å²) in [6, 6.07) is 9.41. The smallest absolute Gasteiger partial charge is 0.272 e. The number of hydrogen-bond acceptors (Lipinski definition) is 5. The van der Waals surface area contributed by atoms with Gasteiger partial charge in [0.25, 0.3) is 5.91 Å². The van der Waals surface area contributed by atoms with Gasteiger partial charge < -0.3 is 14.6 Å². The van der Waals surface area contributed by atoms with E-state index in [1.54, 1.807) is 34.4 Å². The minimum absolute atomic E-state index is 0.0632. The van der Waals surface area contributed by atoms with Crippen molar-refractivity contribution in [2.75, 3.05) is 13.1 Å². The summed E-state index contributed by atoms with van der Waals surface area (Å²) in [4.78, 5) is 27.8. The van der Waals surface area contributed by atoms with Gasteiger partial charge in [-0.05, 0) is 37.1 Å². The van der Waals surface area contributed by atoms with Crippen LogP contribution in [0.4, 0.5) is 0 Å². The molecule has 0 aromatic carbocycles. The molecular formula is C21H23N5O2. The van der Waals surface area contributed by atoms with Crippen LogP contribution in [0.1, 0.15) is 29.0 Å².